The lowest BCUT2D eigenvalue weighted by Gasteiger charge is -2.01. The number of nitrogens with zero attached hydrogens (tertiary/aromatic N) is 2. The molecule has 0 aliphatic rings. The van der Waals surface area contributed by atoms with E-state index in [0.29, 0.717) is 11.8 Å². The summed E-state index contributed by atoms with van der Waals surface area (Å²) in [6.07, 6.45) is 0. The monoisotopic (exact) mass is 250 g/mol. The molecule has 2 rings (SSSR count). The normalized spacial score (nSPS) is 10.7. The highest BCUT2D eigenvalue weighted by atomic mass is 32.2. The van der Waals surface area contributed by atoms with Crippen LogP contribution in [0, 0.1) is 6.92 Å². The van der Waals surface area contributed by atoms with E-state index in [0.717, 1.165) is 17.1 Å². The maximum atomic E-state index is 8.92. The van der Waals surface area contributed by atoms with Crippen molar-refractivity contribution in [2.45, 2.75) is 25.0 Å². The topological polar surface area (TPSA) is 59.2 Å². The van der Waals surface area contributed by atoms with Crippen molar-refractivity contribution in [2.75, 3.05) is 0 Å². The number of hydrogen-bond acceptors (Lipinski definition) is 5. The van der Waals surface area contributed by atoms with Gasteiger partial charge < -0.3 is 9.52 Å². The summed E-state index contributed by atoms with van der Waals surface area (Å²) in [7, 11) is 0. The van der Waals surface area contributed by atoms with Crippen LogP contribution in [-0.4, -0.2) is 15.3 Å². The Hall–Kier alpha value is -1.33. The van der Waals surface area contributed by atoms with E-state index in [1.54, 1.807) is 18.7 Å². The molecule has 17 heavy (non-hydrogen) atoms. The maximum Gasteiger partial charge on any atom is 0.226 e. The average molecular weight is 250 g/mol. The van der Waals surface area contributed by atoms with Crippen LogP contribution in [0.5, 0.6) is 0 Å². The number of aliphatic hydroxyl groups excluding tert-OH is 1. The van der Waals surface area contributed by atoms with E-state index in [1.807, 2.05) is 24.3 Å². The van der Waals surface area contributed by atoms with E-state index in [2.05, 4.69) is 10.2 Å². The molecule has 2 aromatic rings. The molecule has 1 heterocycles. The van der Waals surface area contributed by atoms with Gasteiger partial charge in [0.2, 0.25) is 11.8 Å². The maximum absolute atomic E-state index is 8.92. The average Bonchev–Trinajstić information content (AvgIpc) is 2.76. The smallest absolute Gasteiger partial charge is 0.226 e. The van der Waals surface area contributed by atoms with Crippen LogP contribution in [0.2, 0.25) is 0 Å². The van der Waals surface area contributed by atoms with Crippen LogP contribution in [0.1, 0.15) is 22.9 Å². The van der Waals surface area contributed by atoms with Crippen molar-refractivity contribution in [1.82, 2.24) is 10.2 Å². The SMILES string of the molecule is Cc1nnc(CSCc2ccc(CO)cc2)o1. The molecule has 1 aromatic carbocycles. The number of rotatable bonds is 5. The summed E-state index contributed by atoms with van der Waals surface area (Å²) in [5.74, 6) is 2.89. The van der Waals surface area contributed by atoms with Gasteiger partial charge in [0, 0.05) is 12.7 Å². The third-order valence-electron chi connectivity index (χ3n) is 2.27. The van der Waals surface area contributed by atoms with Crippen LogP contribution >= 0.6 is 11.8 Å². The molecule has 0 aliphatic heterocycles. The molecule has 0 radical (unpaired) electrons. The van der Waals surface area contributed by atoms with Crippen LogP contribution in [0.3, 0.4) is 0 Å². The van der Waals surface area contributed by atoms with E-state index in [4.69, 9.17) is 9.52 Å². The second kappa shape index (κ2) is 5.84. The first kappa shape index (κ1) is 12.1. The largest absolute Gasteiger partial charge is 0.425 e. The summed E-state index contributed by atoms with van der Waals surface area (Å²) in [5.41, 5.74) is 2.16. The zero-order valence-electron chi connectivity index (χ0n) is 9.59. The minimum absolute atomic E-state index is 0.0919. The molecular weight excluding hydrogens is 236 g/mol. The quantitative estimate of drug-likeness (QED) is 0.882. The summed E-state index contributed by atoms with van der Waals surface area (Å²) in [5, 5.41) is 16.6. The number of aryl methyl sites for hydroxylation is 1. The summed E-state index contributed by atoms with van der Waals surface area (Å²) in [6.45, 7) is 1.88. The van der Waals surface area contributed by atoms with E-state index in [-0.39, 0.29) is 6.61 Å². The minimum atomic E-state index is 0.0919. The van der Waals surface area contributed by atoms with Crippen LogP contribution in [0.25, 0.3) is 0 Å². The van der Waals surface area contributed by atoms with Gasteiger partial charge in [-0.1, -0.05) is 24.3 Å². The fraction of sp³-hybridized carbons (Fsp3) is 0.333. The van der Waals surface area contributed by atoms with Crippen LogP contribution in [0.4, 0.5) is 0 Å². The molecule has 5 heteroatoms. The van der Waals surface area contributed by atoms with E-state index in [1.165, 1.54) is 5.56 Å². The van der Waals surface area contributed by atoms with E-state index >= 15 is 0 Å². The molecule has 90 valence electrons. The molecule has 0 atom stereocenters. The lowest BCUT2D eigenvalue weighted by molar-refractivity contribution is 0.282. The fourth-order valence-corrected chi connectivity index (χ4v) is 2.21. The van der Waals surface area contributed by atoms with Crippen LogP contribution < -0.4 is 0 Å². The molecule has 0 spiro atoms. The number of benzene rings is 1. The summed E-state index contributed by atoms with van der Waals surface area (Å²) in [4.78, 5) is 0. The van der Waals surface area contributed by atoms with Crippen molar-refractivity contribution in [3.8, 4) is 0 Å². The van der Waals surface area contributed by atoms with Crippen molar-refractivity contribution in [3.05, 3.63) is 47.2 Å². The highest BCUT2D eigenvalue weighted by Gasteiger charge is 2.02. The number of aromatic nitrogens is 2. The highest BCUT2D eigenvalue weighted by molar-refractivity contribution is 7.97. The van der Waals surface area contributed by atoms with Gasteiger partial charge in [0.1, 0.15) is 0 Å². The summed E-state index contributed by atoms with van der Waals surface area (Å²) in [6, 6.07) is 7.93. The first-order valence-electron chi connectivity index (χ1n) is 5.33. The molecule has 0 saturated heterocycles. The second-order valence-corrected chi connectivity index (χ2v) is 4.67. The van der Waals surface area contributed by atoms with Crippen molar-refractivity contribution in [1.29, 1.82) is 0 Å². The Balaban J connectivity index is 1.81. The van der Waals surface area contributed by atoms with Crippen LogP contribution in [0.15, 0.2) is 28.7 Å². The molecule has 0 aliphatic carbocycles. The molecule has 1 aromatic heterocycles. The standard InChI is InChI=1S/C12H14N2O2S/c1-9-13-14-12(16-9)8-17-7-11-4-2-10(6-15)3-5-11/h2-5,15H,6-8H2,1H3. The Labute approximate surface area is 104 Å². The van der Waals surface area contributed by atoms with Crippen LogP contribution in [-0.2, 0) is 18.1 Å². The van der Waals surface area contributed by atoms with Crippen molar-refractivity contribution in [2.24, 2.45) is 0 Å². The lowest BCUT2D eigenvalue weighted by atomic mass is 10.2. The fourth-order valence-electron chi connectivity index (χ4n) is 1.39. The Kier molecular flexibility index (Phi) is 4.17. The third-order valence-corrected chi connectivity index (χ3v) is 3.26. The molecule has 0 fully saturated rings. The van der Waals surface area contributed by atoms with Gasteiger partial charge in [0.25, 0.3) is 0 Å². The van der Waals surface area contributed by atoms with Gasteiger partial charge in [-0.15, -0.1) is 22.0 Å². The first-order chi connectivity index (χ1) is 8.28. The number of thioether (sulfide) groups is 1. The molecule has 4 nitrogen and oxygen atoms in total. The van der Waals surface area contributed by atoms with Gasteiger partial charge in [-0.3, -0.25) is 0 Å². The predicted octanol–water partition coefficient (Wildman–Crippen LogP) is 2.30. The molecule has 0 unspecified atom stereocenters. The van der Waals surface area contributed by atoms with Gasteiger partial charge >= 0.3 is 0 Å². The number of aliphatic hydroxyl groups is 1. The zero-order chi connectivity index (χ0) is 12.1. The van der Waals surface area contributed by atoms with Crippen molar-refractivity contribution >= 4 is 11.8 Å². The Bertz CT molecular complexity index is 468. The van der Waals surface area contributed by atoms with Gasteiger partial charge in [-0.25, -0.2) is 0 Å². The molecule has 0 amide bonds. The Morgan fingerprint density at radius 1 is 1.12 bits per heavy atom. The lowest BCUT2D eigenvalue weighted by Crippen LogP contribution is -1.86. The van der Waals surface area contributed by atoms with Crippen molar-refractivity contribution in [3.63, 3.8) is 0 Å². The molecule has 0 saturated carbocycles. The van der Waals surface area contributed by atoms with Gasteiger partial charge in [-0.05, 0) is 11.1 Å². The zero-order valence-corrected chi connectivity index (χ0v) is 10.4. The summed E-state index contributed by atoms with van der Waals surface area (Å²) >= 11 is 1.73. The Morgan fingerprint density at radius 3 is 2.41 bits per heavy atom. The second-order valence-electron chi connectivity index (χ2n) is 3.68. The van der Waals surface area contributed by atoms with E-state index < -0.39 is 0 Å². The van der Waals surface area contributed by atoms with Crippen molar-refractivity contribution < 1.29 is 9.52 Å². The van der Waals surface area contributed by atoms with Gasteiger partial charge in [-0.2, -0.15) is 0 Å². The molecular formula is C12H14N2O2S. The highest BCUT2D eigenvalue weighted by Crippen LogP contribution is 2.17. The van der Waals surface area contributed by atoms with E-state index in [9.17, 15) is 0 Å². The third kappa shape index (κ3) is 3.57. The van der Waals surface area contributed by atoms with Gasteiger partial charge in [0.05, 0.1) is 12.4 Å². The predicted molar refractivity (Wildman–Crippen MR) is 66.4 cm³/mol. The Morgan fingerprint density at radius 2 is 1.82 bits per heavy atom. The van der Waals surface area contributed by atoms with Gasteiger partial charge in [0.15, 0.2) is 0 Å². The summed E-state index contributed by atoms with van der Waals surface area (Å²) < 4.78 is 5.28. The minimum Gasteiger partial charge on any atom is -0.425 e. The first-order valence-corrected chi connectivity index (χ1v) is 6.49. The number of hydrogen-bond donors (Lipinski definition) is 1. The molecule has 0 bridgehead atoms. The molecule has 1 N–H and O–H groups in total.